The summed E-state index contributed by atoms with van der Waals surface area (Å²) in [5, 5.41) is 9.64. The minimum atomic E-state index is -1.72. The fourth-order valence-electron chi connectivity index (χ4n) is 1.68. The van der Waals surface area contributed by atoms with Gasteiger partial charge in [0.15, 0.2) is 0 Å². The Balaban J connectivity index is 2.53. The number of alkyl halides is 3. The predicted molar refractivity (Wildman–Crippen MR) is 91.1 cm³/mol. The van der Waals surface area contributed by atoms with Crippen LogP contribution < -0.4 is 0 Å². The molecule has 0 aromatic heterocycles. The van der Waals surface area contributed by atoms with Crippen LogP contribution in [0.4, 0.5) is 4.79 Å². The Kier molecular flexibility index (Phi) is 9.21. The molecular formula is C15H18Cl3NO5. The molecule has 0 atom stereocenters. The summed E-state index contributed by atoms with van der Waals surface area (Å²) in [5.41, 5.74) is 0.863. The van der Waals surface area contributed by atoms with Crippen molar-refractivity contribution in [1.82, 2.24) is 5.06 Å². The third-order valence-electron chi connectivity index (χ3n) is 2.79. The molecule has 0 fully saturated rings. The van der Waals surface area contributed by atoms with E-state index in [1.165, 1.54) is 0 Å². The van der Waals surface area contributed by atoms with Gasteiger partial charge in [0.05, 0.1) is 6.54 Å². The summed E-state index contributed by atoms with van der Waals surface area (Å²) in [6, 6.07) is 9.24. The highest BCUT2D eigenvalue weighted by Gasteiger charge is 2.25. The van der Waals surface area contributed by atoms with Crippen LogP contribution in [0.15, 0.2) is 30.3 Å². The van der Waals surface area contributed by atoms with Crippen LogP contribution in [-0.4, -0.2) is 39.2 Å². The number of carbonyl (C=O) groups is 2. The fraction of sp³-hybridized carbons (Fsp3) is 0.467. The van der Waals surface area contributed by atoms with E-state index in [2.05, 4.69) is 0 Å². The van der Waals surface area contributed by atoms with Crippen LogP contribution in [0.3, 0.4) is 0 Å². The summed E-state index contributed by atoms with van der Waals surface area (Å²) in [5.74, 6) is -0.898. The van der Waals surface area contributed by atoms with E-state index in [4.69, 9.17) is 49.5 Å². The highest BCUT2D eigenvalue weighted by Crippen LogP contribution is 2.26. The molecule has 9 heteroatoms. The maximum absolute atomic E-state index is 12.0. The zero-order valence-corrected chi connectivity index (χ0v) is 15.1. The monoisotopic (exact) mass is 397 g/mol. The van der Waals surface area contributed by atoms with Crippen LogP contribution >= 0.6 is 34.8 Å². The number of hydrogen-bond acceptors (Lipinski definition) is 4. The standard InChI is InChI=1S/C15H18Cl3NO5/c16-15(17,18)11-23-14(22)19(9-5-4-8-13(20)21)24-10-12-6-2-1-3-7-12/h1-3,6-7H,4-5,8-11H2,(H,20,21). The van der Waals surface area contributed by atoms with Gasteiger partial charge in [0.2, 0.25) is 3.79 Å². The van der Waals surface area contributed by atoms with Gasteiger partial charge in [-0.15, -0.1) is 0 Å². The molecule has 0 aliphatic heterocycles. The number of carboxylic acids is 1. The number of carbonyl (C=O) groups excluding carboxylic acids is 1. The van der Waals surface area contributed by atoms with Crippen molar-refractivity contribution in [2.45, 2.75) is 29.7 Å². The molecule has 0 saturated carbocycles. The van der Waals surface area contributed by atoms with Crippen LogP contribution in [0.1, 0.15) is 24.8 Å². The molecule has 1 N–H and O–H groups in total. The van der Waals surface area contributed by atoms with Gasteiger partial charge < -0.3 is 9.84 Å². The van der Waals surface area contributed by atoms with Gasteiger partial charge in [0.25, 0.3) is 0 Å². The highest BCUT2D eigenvalue weighted by molar-refractivity contribution is 6.67. The average molecular weight is 399 g/mol. The van der Waals surface area contributed by atoms with Crippen LogP contribution in [0.25, 0.3) is 0 Å². The van der Waals surface area contributed by atoms with Gasteiger partial charge >= 0.3 is 12.1 Å². The van der Waals surface area contributed by atoms with E-state index in [-0.39, 0.29) is 19.6 Å². The number of unbranched alkanes of at least 4 members (excludes halogenated alkanes) is 1. The van der Waals surface area contributed by atoms with Gasteiger partial charge in [-0.2, -0.15) is 5.06 Å². The molecule has 0 radical (unpaired) electrons. The molecule has 0 spiro atoms. The second kappa shape index (κ2) is 10.6. The first-order valence-electron chi connectivity index (χ1n) is 7.17. The average Bonchev–Trinajstić information content (AvgIpc) is 2.52. The molecular weight excluding hydrogens is 381 g/mol. The maximum atomic E-state index is 12.0. The summed E-state index contributed by atoms with van der Waals surface area (Å²) in [6.07, 6.45) is 0.0467. The summed E-state index contributed by atoms with van der Waals surface area (Å²) < 4.78 is 3.17. The first-order valence-corrected chi connectivity index (χ1v) is 8.31. The lowest BCUT2D eigenvalue weighted by molar-refractivity contribution is -0.147. The molecule has 0 unspecified atom stereocenters. The fourth-order valence-corrected chi connectivity index (χ4v) is 1.85. The molecule has 1 amide bonds. The maximum Gasteiger partial charge on any atom is 0.434 e. The second-order valence-electron chi connectivity index (χ2n) is 4.88. The van der Waals surface area contributed by atoms with Crippen molar-refractivity contribution in [2.75, 3.05) is 13.2 Å². The Morgan fingerprint density at radius 2 is 1.79 bits per heavy atom. The highest BCUT2D eigenvalue weighted by atomic mass is 35.6. The van der Waals surface area contributed by atoms with Crippen LogP contribution in [0.2, 0.25) is 0 Å². The number of carboxylic acid groups (broad SMARTS) is 1. The topological polar surface area (TPSA) is 76.1 Å². The van der Waals surface area contributed by atoms with Crippen molar-refractivity contribution < 1.29 is 24.3 Å². The van der Waals surface area contributed by atoms with Gasteiger partial charge in [0, 0.05) is 6.42 Å². The van der Waals surface area contributed by atoms with Crippen molar-refractivity contribution in [1.29, 1.82) is 0 Å². The molecule has 1 aromatic rings. The largest absolute Gasteiger partial charge is 0.481 e. The molecule has 0 aliphatic carbocycles. The molecule has 0 aliphatic rings. The first kappa shape index (κ1) is 20.8. The quantitative estimate of drug-likeness (QED) is 0.383. The van der Waals surface area contributed by atoms with Gasteiger partial charge in [-0.05, 0) is 18.4 Å². The van der Waals surface area contributed by atoms with Gasteiger partial charge in [-0.3, -0.25) is 9.63 Å². The van der Waals surface area contributed by atoms with Crippen molar-refractivity contribution in [2.24, 2.45) is 0 Å². The molecule has 0 bridgehead atoms. The number of amides is 1. The lowest BCUT2D eigenvalue weighted by Gasteiger charge is -2.22. The Labute approximate surface area is 155 Å². The first-order chi connectivity index (χ1) is 11.3. The summed E-state index contributed by atoms with van der Waals surface area (Å²) >= 11 is 16.6. The molecule has 0 saturated heterocycles. The summed E-state index contributed by atoms with van der Waals surface area (Å²) in [4.78, 5) is 28.0. The van der Waals surface area contributed by atoms with Crippen molar-refractivity contribution in [3.8, 4) is 0 Å². The predicted octanol–water partition coefficient (Wildman–Crippen LogP) is 4.18. The number of ether oxygens (including phenoxy) is 1. The Bertz CT molecular complexity index is 522. The second-order valence-corrected chi connectivity index (χ2v) is 7.40. The summed E-state index contributed by atoms with van der Waals surface area (Å²) in [6.45, 7) is -0.0989. The third kappa shape index (κ3) is 9.82. The Hall–Kier alpha value is -1.21. The molecule has 1 aromatic carbocycles. The third-order valence-corrected chi connectivity index (χ3v) is 3.12. The minimum Gasteiger partial charge on any atom is -0.481 e. The van der Waals surface area contributed by atoms with E-state index in [0.29, 0.717) is 12.8 Å². The van der Waals surface area contributed by atoms with Crippen molar-refractivity contribution in [3.05, 3.63) is 35.9 Å². The number of aliphatic carboxylic acids is 1. The van der Waals surface area contributed by atoms with E-state index in [9.17, 15) is 9.59 Å². The lowest BCUT2D eigenvalue weighted by Crippen LogP contribution is -2.34. The van der Waals surface area contributed by atoms with Gasteiger partial charge in [-0.1, -0.05) is 65.1 Å². The van der Waals surface area contributed by atoms with E-state index in [0.717, 1.165) is 10.6 Å². The van der Waals surface area contributed by atoms with Crippen LogP contribution in [0, 0.1) is 0 Å². The Morgan fingerprint density at radius 1 is 1.12 bits per heavy atom. The van der Waals surface area contributed by atoms with Gasteiger partial charge in [-0.25, -0.2) is 4.79 Å². The SMILES string of the molecule is O=C(O)CCCCN(OCc1ccccc1)C(=O)OCC(Cl)(Cl)Cl. The summed E-state index contributed by atoms with van der Waals surface area (Å²) in [7, 11) is 0. The van der Waals surface area contributed by atoms with Crippen molar-refractivity contribution in [3.63, 3.8) is 0 Å². The molecule has 24 heavy (non-hydrogen) atoms. The smallest absolute Gasteiger partial charge is 0.434 e. The molecule has 6 nitrogen and oxygen atoms in total. The van der Waals surface area contributed by atoms with E-state index in [1.807, 2.05) is 30.3 Å². The zero-order chi connectivity index (χ0) is 18.0. The van der Waals surface area contributed by atoms with E-state index >= 15 is 0 Å². The Morgan fingerprint density at radius 3 is 2.38 bits per heavy atom. The van der Waals surface area contributed by atoms with E-state index < -0.39 is 22.5 Å². The van der Waals surface area contributed by atoms with Crippen LogP contribution in [-0.2, 0) is 21.0 Å². The lowest BCUT2D eigenvalue weighted by atomic mass is 10.2. The molecule has 1 rings (SSSR count). The molecule has 134 valence electrons. The van der Waals surface area contributed by atoms with Crippen LogP contribution in [0.5, 0.6) is 0 Å². The van der Waals surface area contributed by atoms with Crippen molar-refractivity contribution >= 4 is 46.9 Å². The zero-order valence-electron chi connectivity index (χ0n) is 12.8. The number of hydroxylamine groups is 2. The normalized spacial score (nSPS) is 11.1. The number of benzene rings is 1. The number of rotatable bonds is 9. The van der Waals surface area contributed by atoms with E-state index in [1.54, 1.807) is 0 Å². The number of hydrogen-bond donors (Lipinski definition) is 1. The van der Waals surface area contributed by atoms with Gasteiger partial charge in [0.1, 0.15) is 13.2 Å². The minimum absolute atomic E-state index is 0.00965. The molecule has 0 heterocycles. The number of nitrogens with zero attached hydrogens (tertiary/aromatic N) is 1. The number of halogens is 3.